The molecule has 1 aliphatic rings. The fraction of sp³-hybridized carbons (Fsp3) is 0.667. The van der Waals surface area contributed by atoms with Crippen molar-refractivity contribution in [3.63, 3.8) is 0 Å². The molecule has 1 aromatic rings. The highest BCUT2D eigenvalue weighted by Crippen LogP contribution is 2.36. The van der Waals surface area contributed by atoms with Crippen LogP contribution in [0.1, 0.15) is 55.7 Å². The molecule has 1 aliphatic carbocycles. The summed E-state index contributed by atoms with van der Waals surface area (Å²) < 4.78 is 0. The summed E-state index contributed by atoms with van der Waals surface area (Å²) in [5, 5.41) is 15.6. The van der Waals surface area contributed by atoms with Crippen LogP contribution < -0.4 is 5.73 Å². The van der Waals surface area contributed by atoms with Gasteiger partial charge in [0.2, 0.25) is 0 Å². The maximum atomic E-state index is 10.6. The Bertz CT molecular complexity index is 394. The quantitative estimate of drug-likeness (QED) is 0.747. The normalized spacial score (nSPS) is 17.2. The Morgan fingerprint density at radius 2 is 2.12 bits per heavy atom. The van der Waals surface area contributed by atoms with Crippen LogP contribution in [0, 0.1) is 0 Å². The highest BCUT2D eigenvalue weighted by atomic mass is 16.4. The third kappa shape index (κ3) is 2.78. The maximum Gasteiger partial charge on any atom is 0.303 e. The third-order valence-electron chi connectivity index (χ3n) is 3.51. The first kappa shape index (κ1) is 12.0. The summed E-state index contributed by atoms with van der Waals surface area (Å²) in [6.45, 7) is 0. The van der Waals surface area contributed by atoms with Gasteiger partial charge in [-0.3, -0.25) is 9.89 Å². The van der Waals surface area contributed by atoms with Crippen molar-refractivity contribution in [3.8, 4) is 0 Å². The number of rotatable bonds is 4. The second-order valence-electron chi connectivity index (χ2n) is 4.73. The van der Waals surface area contributed by atoms with Crippen molar-refractivity contribution in [1.29, 1.82) is 0 Å². The fourth-order valence-electron chi connectivity index (χ4n) is 2.67. The molecule has 0 aromatic carbocycles. The van der Waals surface area contributed by atoms with Gasteiger partial charge in [0.05, 0.1) is 6.42 Å². The molecule has 0 amide bonds. The molecule has 94 valence electrons. The van der Waals surface area contributed by atoms with Gasteiger partial charge in [0, 0.05) is 11.3 Å². The van der Waals surface area contributed by atoms with Gasteiger partial charge in [-0.2, -0.15) is 5.10 Å². The lowest BCUT2D eigenvalue weighted by atomic mass is 9.83. The van der Waals surface area contributed by atoms with Crippen LogP contribution >= 0.6 is 0 Å². The van der Waals surface area contributed by atoms with E-state index in [0.29, 0.717) is 18.2 Å². The van der Waals surface area contributed by atoms with E-state index in [9.17, 15) is 4.79 Å². The predicted octanol–water partition coefficient (Wildman–Crippen LogP) is 2.06. The zero-order chi connectivity index (χ0) is 12.3. The van der Waals surface area contributed by atoms with E-state index in [1.54, 1.807) is 0 Å². The Morgan fingerprint density at radius 3 is 2.76 bits per heavy atom. The average Bonchev–Trinajstić information content (AvgIpc) is 2.69. The number of hydrogen-bond donors (Lipinski definition) is 3. The fourth-order valence-corrected chi connectivity index (χ4v) is 2.67. The highest BCUT2D eigenvalue weighted by Gasteiger charge is 2.23. The van der Waals surface area contributed by atoms with Crippen LogP contribution in [0.3, 0.4) is 0 Å². The van der Waals surface area contributed by atoms with Crippen LogP contribution in [0.2, 0.25) is 0 Å². The summed E-state index contributed by atoms with van der Waals surface area (Å²) in [6.07, 6.45) is 6.65. The minimum atomic E-state index is -0.784. The molecule has 0 spiro atoms. The summed E-state index contributed by atoms with van der Waals surface area (Å²) in [7, 11) is 0. The molecule has 0 radical (unpaired) electrons. The summed E-state index contributed by atoms with van der Waals surface area (Å²) in [5.41, 5.74) is 7.88. The number of nitrogen functional groups attached to an aromatic ring is 1. The van der Waals surface area contributed by atoms with E-state index in [1.807, 2.05) is 0 Å². The molecule has 5 nitrogen and oxygen atoms in total. The number of H-pyrrole nitrogens is 1. The van der Waals surface area contributed by atoms with Crippen LogP contribution in [0.25, 0.3) is 0 Å². The number of carboxylic acids is 1. The number of nitrogens with two attached hydrogens (primary N) is 1. The molecule has 0 bridgehead atoms. The van der Waals surface area contributed by atoms with E-state index in [1.165, 1.54) is 19.3 Å². The number of aromatic nitrogens is 2. The number of carboxylic acid groups (broad SMARTS) is 1. The molecule has 5 heteroatoms. The molecular weight excluding hydrogens is 218 g/mol. The molecule has 0 saturated heterocycles. The zero-order valence-electron chi connectivity index (χ0n) is 9.91. The molecule has 17 heavy (non-hydrogen) atoms. The number of aryl methyl sites for hydroxylation is 1. The van der Waals surface area contributed by atoms with E-state index in [2.05, 4.69) is 10.2 Å². The summed E-state index contributed by atoms with van der Waals surface area (Å²) in [6, 6.07) is 0. The third-order valence-corrected chi connectivity index (χ3v) is 3.51. The van der Waals surface area contributed by atoms with Crippen molar-refractivity contribution in [2.24, 2.45) is 0 Å². The first-order chi connectivity index (χ1) is 8.18. The van der Waals surface area contributed by atoms with Crippen molar-refractivity contribution in [2.75, 3.05) is 5.73 Å². The van der Waals surface area contributed by atoms with E-state index < -0.39 is 5.97 Å². The SMILES string of the molecule is Nc1n[nH]c(CCC(=O)O)c1C1CCCCC1. The second kappa shape index (κ2) is 5.21. The maximum absolute atomic E-state index is 10.6. The van der Waals surface area contributed by atoms with Crippen molar-refractivity contribution in [2.45, 2.75) is 50.9 Å². The van der Waals surface area contributed by atoms with Gasteiger partial charge in [0.1, 0.15) is 5.82 Å². The second-order valence-corrected chi connectivity index (χ2v) is 4.73. The van der Waals surface area contributed by atoms with Gasteiger partial charge < -0.3 is 10.8 Å². The smallest absolute Gasteiger partial charge is 0.303 e. The van der Waals surface area contributed by atoms with Gasteiger partial charge in [0.15, 0.2) is 0 Å². The monoisotopic (exact) mass is 237 g/mol. The Balaban J connectivity index is 2.13. The number of aromatic amines is 1. The van der Waals surface area contributed by atoms with Crippen molar-refractivity contribution < 1.29 is 9.90 Å². The molecule has 1 fully saturated rings. The van der Waals surface area contributed by atoms with Crippen LogP contribution in [0.4, 0.5) is 5.82 Å². The molecule has 2 rings (SSSR count). The number of carbonyl (C=O) groups is 1. The lowest BCUT2D eigenvalue weighted by Gasteiger charge is -2.22. The highest BCUT2D eigenvalue weighted by molar-refractivity contribution is 5.67. The minimum absolute atomic E-state index is 0.126. The van der Waals surface area contributed by atoms with E-state index >= 15 is 0 Å². The van der Waals surface area contributed by atoms with E-state index in [0.717, 1.165) is 24.1 Å². The van der Waals surface area contributed by atoms with E-state index in [-0.39, 0.29) is 6.42 Å². The van der Waals surface area contributed by atoms with Crippen molar-refractivity contribution in [1.82, 2.24) is 10.2 Å². The molecular formula is C12H19N3O2. The van der Waals surface area contributed by atoms with Crippen molar-refractivity contribution in [3.05, 3.63) is 11.3 Å². The molecule has 1 saturated carbocycles. The lowest BCUT2D eigenvalue weighted by molar-refractivity contribution is -0.136. The Morgan fingerprint density at radius 1 is 1.41 bits per heavy atom. The van der Waals surface area contributed by atoms with Gasteiger partial charge in [-0.25, -0.2) is 0 Å². The van der Waals surface area contributed by atoms with Gasteiger partial charge in [0.25, 0.3) is 0 Å². The van der Waals surface area contributed by atoms with Crippen molar-refractivity contribution >= 4 is 11.8 Å². The van der Waals surface area contributed by atoms with Crippen LogP contribution in [-0.2, 0) is 11.2 Å². The average molecular weight is 237 g/mol. The molecule has 4 N–H and O–H groups in total. The van der Waals surface area contributed by atoms with Gasteiger partial charge >= 0.3 is 5.97 Å². The summed E-state index contributed by atoms with van der Waals surface area (Å²) >= 11 is 0. The number of nitrogens with zero attached hydrogens (tertiary/aromatic N) is 1. The Kier molecular flexibility index (Phi) is 3.66. The van der Waals surface area contributed by atoms with Crippen LogP contribution in [0.5, 0.6) is 0 Å². The topological polar surface area (TPSA) is 92.0 Å². The number of nitrogens with one attached hydrogen (secondary N) is 1. The Hall–Kier alpha value is -1.52. The molecule has 0 unspecified atom stereocenters. The molecule has 0 aliphatic heterocycles. The first-order valence-corrected chi connectivity index (χ1v) is 6.23. The summed E-state index contributed by atoms with van der Waals surface area (Å²) in [4.78, 5) is 10.6. The standard InChI is InChI=1S/C12H19N3O2/c13-12-11(8-4-2-1-3-5-8)9(14-15-12)6-7-10(16)17/h8H,1-7H2,(H,16,17)(H3,13,14,15). The van der Waals surface area contributed by atoms with Gasteiger partial charge in [-0.15, -0.1) is 0 Å². The lowest BCUT2D eigenvalue weighted by Crippen LogP contribution is -2.09. The molecule has 1 aromatic heterocycles. The first-order valence-electron chi connectivity index (χ1n) is 6.23. The van der Waals surface area contributed by atoms with Crippen LogP contribution in [-0.4, -0.2) is 21.3 Å². The minimum Gasteiger partial charge on any atom is -0.481 e. The molecule has 1 heterocycles. The van der Waals surface area contributed by atoms with E-state index in [4.69, 9.17) is 10.8 Å². The molecule has 0 atom stereocenters. The number of anilines is 1. The summed E-state index contributed by atoms with van der Waals surface area (Å²) in [5.74, 6) is 0.233. The largest absolute Gasteiger partial charge is 0.481 e. The van der Waals surface area contributed by atoms with Crippen LogP contribution in [0.15, 0.2) is 0 Å². The van der Waals surface area contributed by atoms with Gasteiger partial charge in [-0.05, 0) is 25.2 Å². The predicted molar refractivity (Wildman–Crippen MR) is 64.8 cm³/mol. The Labute approximate surface area is 100 Å². The number of aliphatic carboxylic acids is 1. The number of hydrogen-bond acceptors (Lipinski definition) is 3. The zero-order valence-corrected chi connectivity index (χ0v) is 9.91. The van der Waals surface area contributed by atoms with Gasteiger partial charge in [-0.1, -0.05) is 19.3 Å².